The van der Waals surface area contributed by atoms with Crippen LogP contribution in [0.15, 0.2) is 43.0 Å². The smallest absolute Gasteiger partial charge is 0.231 e. The van der Waals surface area contributed by atoms with Crippen LogP contribution in [0.3, 0.4) is 0 Å². The second kappa shape index (κ2) is 5.15. The fourth-order valence-electron chi connectivity index (χ4n) is 2.63. The van der Waals surface area contributed by atoms with E-state index in [1.54, 1.807) is 12.4 Å². The lowest BCUT2D eigenvalue weighted by atomic mass is 10.1. The van der Waals surface area contributed by atoms with Crippen LogP contribution < -0.4 is 5.32 Å². The Balaban J connectivity index is 1.64. The van der Waals surface area contributed by atoms with Crippen molar-refractivity contribution in [3.05, 3.63) is 48.5 Å². The summed E-state index contributed by atoms with van der Waals surface area (Å²) in [7, 11) is 0. The van der Waals surface area contributed by atoms with Gasteiger partial charge in [0.2, 0.25) is 5.91 Å². The Hall–Kier alpha value is -2.76. The number of fused-ring (bicyclic) bond motifs is 1. The van der Waals surface area contributed by atoms with E-state index in [4.69, 9.17) is 0 Å². The minimum absolute atomic E-state index is 0.302. The summed E-state index contributed by atoms with van der Waals surface area (Å²) in [5, 5.41) is 2.67. The van der Waals surface area contributed by atoms with Gasteiger partial charge in [0.1, 0.15) is 11.8 Å². The van der Waals surface area contributed by atoms with Crippen molar-refractivity contribution < 1.29 is 9.18 Å². The number of anilines is 1. The van der Waals surface area contributed by atoms with Gasteiger partial charge in [-0.15, -0.1) is 0 Å². The largest absolute Gasteiger partial charge is 0.309 e. The van der Waals surface area contributed by atoms with Gasteiger partial charge in [-0.05, 0) is 37.1 Å². The van der Waals surface area contributed by atoms with Crippen LogP contribution >= 0.6 is 0 Å². The van der Waals surface area contributed by atoms with Gasteiger partial charge in [0.25, 0.3) is 0 Å². The van der Waals surface area contributed by atoms with Crippen LogP contribution in [0.4, 0.5) is 10.2 Å². The summed E-state index contributed by atoms with van der Waals surface area (Å²) >= 11 is 0. The fraction of sp³-hybridized carbons (Fsp3) is 0.235. The van der Waals surface area contributed by atoms with Gasteiger partial charge in [-0.25, -0.2) is 9.37 Å². The van der Waals surface area contributed by atoms with Crippen LogP contribution in [-0.2, 0) is 4.79 Å². The second-order valence-electron chi connectivity index (χ2n) is 5.85. The number of amides is 1. The number of halogens is 1. The van der Waals surface area contributed by atoms with E-state index >= 15 is 0 Å². The van der Waals surface area contributed by atoms with E-state index in [0.717, 1.165) is 22.3 Å². The highest BCUT2D eigenvalue weighted by Crippen LogP contribution is 2.34. The van der Waals surface area contributed by atoms with Crippen LogP contribution in [0.5, 0.6) is 0 Å². The molecule has 1 aliphatic carbocycles. The van der Waals surface area contributed by atoms with E-state index in [1.165, 1.54) is 0 Å². The summed E-state index contributed by atoms with van der Waals surface area (Å²) in [5.74, 6) is -0.383. The fourth-order valence-corrected chi connectivity index (χ4v) is 2.63. The number of hydrogen-bond donors (Lipinski definition) is 1. The molecule has 0 radical (unpaired) electrons. The molecule has 0 aliphatic heterocycles. The zero-order valence-electron chi connectivity index (χ0n) is 12.5. The molecule has 3 aromatic heterocycles. The lowest BCUT2D eigenvalue weighted by molar-refractivity contribution is -0.117. The first-order valence-corrected chi connectivity index (χ1v) is 7.46. The quantitative estimate of drug-likeness (QED) is 0.809. The number of rotatable bonds is 3. The van der Waals surface area contributed by atoms with Crippen LogP contribution in [0.1, 0.15) is 12.0 Å². The zero-order chi connectivity index (χ0) is 16.0. The Morgan fingerprint density at radius 2 is 2.17 bits per heavy atom. The predicted molar refractivity (Wildman–Crippen MR) is 84.8 cm³/mol. The van der Waals surface area contributed by atoms with Crippen molar-refractivity contribution in [2.45, 2.75) is 19.5 Å². The molecule has 0 bridgehead atoms. The van der Waals surface area contributed by atoms with Crippen molar-refractivity contribution in [2.75, 3.05) is 5.32 Å². The molecule has 5 nitrogen and oxygen atoms in total. The molecule has 1 amide bonds. The zero-order valence-corrected chi connectivity index (χ0v) is 12.5. The molecule has 0 spiro atoms. The number of nitrogens with zero attached hydrogens (tertiary/aromatic N) is 3. The van der Waals surface area contributed by atoms with Gasteiger partial charge in [-0.3, -0.25) is 9.78 Å². The molecule has 3 heterocycles. The van der Waals surface area contributed by atoms with Crippen LogP contribution in [-0.4, -0.2) is 26.4 Å². The summed E-state index contributed by atoms with van der Waals surface area (Å²) in [6, 6.07) is 5.81. The number of carbonyl (C=O) groups is 1. The third-order valence-electron chi connectivity index (χ3n) is 4.10. The highest BCUT2D eigenvalue weighted by atomic mass is 19.1. The van der Waals surface area contributed by atoms with Crippen molar-refractivity contribution in [3.8, 4) is 11.1 Å². The van der Waals surface area contributed by atoms with E-state index in [1.807, 2.05) is 41.9 Å². The predicted octanol–water partition coefficient (Wildman–Crippen LogP) is 3.00. The Morgan fingerprint density at radius 3 is 2.91 bits per heavy atom. The second-order valence-corrected chi connectivity index (χ2v) is 5.85. The minimum atomic E-state index is -1.01. The number of imidazole rings is 1. The molecule has 1 N–H and O–H groups in total. The molecule has 4 rings (SSSR count). The topological polar surface area (TPSA) is 59.3 Å². The Labute approximate surface area is 132 Å². The summed E-state index contributed by atoms with van der Waals surface area (Å²) in [6.45, 7) is 2.03. The lowest BCUT2D eigenvalue weighted by Crippen LogP contribution is -2.15. The van der Waals surface area contributed by atoms with Crippen molar-refractivity contribution in [1.82, 2.24) is 14.4 Å². The number of carbonyl (C=O) groups excluding carboxylic acids is 1. The van der Waals surface area contributed by atoms with E-state index in [0.29, 0.717) is 12.2 Å². The van der Waals surface area contributed by atoms with E-state index in [2.05, 4.69) is 15.3 Å². The highest BCUT2D eigenvalue weighted by molar-refractivity contribution is 5.94. The minimum Gasteiger partial charge on any atom is -0.309 e. The molecule has 0 aromatic carbocycles. The van der Waals surface area contributed by atoms with Crippen LogP contribution in [0.25, 0.3) is 16.8 Å². The molecule has 0 saturated heterocycles. The standard InChI is InChI=1S/C17H15FN4O/c1-10-4-5-19-7-13(10)11-2-3-16-20-15(9-22(16)8-11)21-17(23)12-6-14(12)18/h2-5,7-9,12,14H,6H2,1H3,(H,21,23)/t12-,14+/m1/s1. The molecule has 23 heavy (non-hydrogen) atoms. The molecular formula is C17H15FN4O. The summed E-state index contributed by atoms with van der Waals surface area (Å²) < 4.78 is 14.8. The molecule has 3 aromatic rings. The Kier molecular flexibility index (Phi) is 3.11. The first-order valence-electron chi connectivity index (χ1n) is 7.46. The average molecular weight is 310 g/mol. The molecule has 1 fully saturated rings. The molecule has 116 valence electrons. The third-order valence-corrected chi connectivity index (χ3v) is 4.10. The van der Waals surface area contributed by atoms with Crippen LogP contribution in [0.2, 0.25) is 0 Å². The van der Waals surface area contributed by atoms with Crippen molar-refractivity contribution in [1.29, 1.82) is 0 Å². The average Bonchev–Trinajstić information content (AvgIpc) is 3.13. The third kappa shape index (κ3) is 2.56. The maximum Gasteiger partial charge on any atom is 0.231 e. The first-order chi connectivity index (χ1) is 11.1. The maximum absolute atomic E-state index is 12.9. The van der Waals surface area contributed by atoms with Crippen LogP contribution in [0, 0.1) is 12.8 Å². The molecule has 1 aliphatic rings. The SMILES string of the molecule is Cc1ccncc1-c1ccc2nc(NC(=O)[C@@H]3C[C@@H]3F)cn2c1. The normalized spacial score (nSPS) is 19.7. The maximum atomic E-state index is 12.9. The van der Waals surface area contributed by atoms with E-state index in [-0.39, 0.29) is 5.91 Å². The summed E-state index contributed by atoms with van der Waals surface area (Å²) in [4.78, 5) is 20.3. The molecule has 2 atom stereocenters. The van der Waals surface area contributed by atoms with Gasteiger partial charge >= 0.3 is 0 Å². The van der Waals surface area contributed by atoms with Crippen molar-refractivity contribution >= 4 is 17.4 Å². The molecule has 6 heteroatoms. The number of pyridine rings is 2. The number of hydrogen-bond acceptors (Lipinski definition) is 3. The van der Waals surface area contributed by atoms with Crippen molar-refractivity contribution in [2.24, 2.45) is 5.92 Å². The Bertz CT molecular complexity index is 904. The highest BCUT2D eigenvalue weighted by Gasteiger charge is 2.43. The number of aryl methyl sites for hydroxylation is 1. The number of aromatic nitrogens is 3. The molecule has 1 saturated carbocycles. The molecule has 0 unspecified atom stereocenters. The van der Waals surface area contributed by atoms with Gasteiger partial charge in [-0.2, -0.15) is 0 Å². The van der Waals surface area contributed by atoms with Gasteiger partial charge in [0.15, 0.2) is 5.82 Å². The van der Waals surface area contributed by atoms with Gasteiger partial charge in [0, 0.05) is 29.7 Å². The van der Waals surface area contributed by atoms with E-state index < -0.39 is 12.1 Å². The first kappa shape index (κ1) is 13.9. The molecular weight excluding hydrogens is 295 g/mol. The lowest BCUT2D eigenvalue weighted by Gasteiger charge is -2.05. The summed E-state index contributed by atoms with van der Waals surface area (Å²) in [6.07, 6.45) is 6.56. The van der Waals surface area contributed by atoms with Gasteiger partial charge in [0.05, 0.1) is 12.1 Å². The van der Waals surface area contributed by atoms with Gasteiger partial charge in [-0.1, -0.05) is 0 Å². The summed E-state index contributed by atoms with van der Waals surface area (Å²) in [5.41, 5.74) is 3.92. The number of nitrogens with one attached hydrogen (secondary N) is 1. The number of alkyl halides is 1. The monoisotopic (exact) mass is 310 g/mol. The van der Waals surface area contributed by atoms with Crippen molar-refractivity contribution in [3.63, 3.8) is 0 Å². The van der Waals surface area contributed by atoms with E-state index in [9.17, 15) is 9.18 Å². The van der Waals surface area contributed by atoms with Gasteiger partial charge < -0.3 is 9.72 Å². The Morgan fingerprint density at radius 1 is 1.35 bits per heavy atom.